The molecule has 1 heterocycles. The van der Waals surface area contributed by atoms with Crippen LogP contribution in [0, 0.1) is 17.6 Å². The van der Waals surface area contributed by atoms with Gasteiger partial charge in [0.15, 0.2) is 0 Å². The van der Waals surface area contributed by atoms with Crippen molar-refractivity contribution >= 4 is 6.08 Å². The lowest BCUT2D eigenvalue weighted by atomic mass is 9.80. The molecule has 0 amide bonds. The van der Waals surface area contributed by atoms with E-state index in [1.54, 1.807) is 19.1 Å². The van der Waals surface area contributed by atoms with Crippen LogP contribution >= 0.6 is 0 Å². The van der Waals surface area contributed by atoms with Crippen LogP contribution in [0.3, 0.4) is 0 Å². The van der Waals surface area contributed by atoms with Crippen LogP contribution in [0.15, 0.2) is 61.2 Å². The van der Waals surface area contributed by atoms with Crippen LogP contribution in [0.4, 0.5) is 22.0 Å². The minimum absolute atomic E-state index is 0.0797. The summed E-state index contributed by atoms with van der Waals surface area (Å²) in [6.45, 7) is 1.58. The predicted molar refractivity (Wildman–Crippen MR) is 106 cm³/mol. The van der Waals surface area contributed by atoms with Crippen LogP contribution in [0.2, 0.25) is 0 Å². The molecule has 0 aliphatic carbocycles. The van der Waals surface area contributed by atoms with E-state index in [0.717, 1.165) is 6.07 Å². The molecule has 0 radical (unpaired) electrons. The topological polar surface area (TPSA) is 60.2 Å². The molecule has 10 heteroatoms. The Bertz CT molecular complexity index is 1050. The Kier molecular flexibility index (Phi) is 6.93. The summed E-state index contributed by atoms with van der Waals surface area (Å²) in [6.07, 6.45) is 1.53. The van der Waals surface area contributed by atoms with Gasteiger partial charge in [0.25, 0.3) is 0 Å². The molecule has 0 unspecified atom stereocenters. The van der Waals surface area contributed by atoms with Crippen molar-refractivity contribution in [2.75, 3.05) is 0 Å². The molecule has 0 aliphatic heterocycles. The Morgan fingerprint density at radius 3 is 2.44 bits per heavy atom. The highest BCUT2D eigenvalue weighted by molar-refractivity contribution is 5.50. The number of hydrogen-bond acceptors (Lipinski definition) is 4. The molecular weight excluding hydrogens is 433 g/mol. The van der Waals surface area contributed by atoms with Gasteiger partial charge in [-0.05, 0) is 36.1 Å². The van der Waals surface area contributed by atoms with E-state index in [9.17, 15) is 27.1 Å². The molecule has 1 aromatic heterocycles. The number of ether oxygens (including phenoxy) is 1. The fourth-order valence-electron chi connectivity index (χ4n) is 3.29. The molecule has 2 aromatic carbocycles. The smallest absolute Gasteiger partial charge is 0.406 e. The van der Waals surface area contributed by atoms with Gasteiger partial charge in [-0.2, -0.15) is 5.10 Å². The molecule has 0 saturated heterocycles. The molecule has 0 bridgehead atoms. The van der Waals surface area contributed by atoms with Crippen molar-refractivity contribution in [1.29, 1.82) is 0 Å². The van der Waals surface area contributed by atoms with Crippen molar-refractivity contribution in [1.82, 2.24) is 14.8 Å². The SMILES string of the molecule is C[C@@H](C/C=C/c1ccc(OC(F)(F)F)cc1)[C@](O)(Cn1cncn1)c1ccc(F)cc1F. The Morgan fingerprint density at radius 2 is 1.84 bits per heavy atom. The summed E-state index contributed by atoms with van der Waals surface area (Å²) in [6, 6.07) is 8.23. The van der Waals surface area contributed by atoms with Gasteiger partial charge >= 0.3 is 6.36 Å². The maximum atomic E-state index is 14.5. The standard InChI is InChI=1S/C22H20F5N3O2/c1-15(3-2-4-16-5-8-18(9-6-16)32-22(25,26)27)21(31,12-30-14-28-13-29-30)19-10-7-17(23)11-20(19)24/h2,4-11,13-15,31H,3,12H2,1H3/b4-2+/t15-,21+/m0/s1. The Balaban J connectivity index is 1.77. The predicted octanol–water partition coefficient (Wildman–Crippen LogP) is 5.08. The first-order valence-electron chi connectivity index (χ1n) is 9.59. The van der Waals surface area contributed by atoms with Crippen molar-refractivity contribution in [3.05, 3.63) is 84.0 Å². The number of aliphatic hydroxyl groups is 1. The second-order valence-corrected chi connectivity index (χ2v) is 7.30. The summed E-state index contributed by atoms with van der Waals surface area (Å²) in [5.41, 5.74) is -1.20. The van der Waals surface area contributed by atoms with Crippen molar-refractivity contribution in [3.63, 3.8) is 0 Å². The molecule has 5 nitrogen and oxygen atoms in total. The quantitative estimate of drug-likeness (QED) is 0.483. The van der Waals surface area contributed by atoms with Crippen LogP contribution < -0.4 is 4.74 Å². The number of aromatic nitrogens is 3. The lowest BCUT2D eigenvalue weighted by Crippen LogP contribution is -2.39. The first-order chi connectivity index (χ1) is 15.1. The second kappa shape index (κ2) is 9.47. The van der Waals surface area contributed by atoms with Crippen molar-refractivity contribution in [2.45, 2.75) is 31.9 Å². The first-order valence-corrected chi connectivity index (χ1v) is 9.59. The van der Waals surface area contributed by atoms with E-state index in [-0.39, 0.29) is 24.3 Å². The molecule has 0 fully saturated rings. The lowest BCUT2D eigenvalue weighted by molar-refractivity contribution is -0.274. The molecular formula is C22H20F5N3O2. The van der Waals surface area contributed by atoms with E-state index in [2.05, 4.69) is 14.8 Å². The molecule has 0 saturated carbocycles. The maximum Gasteiger partial charge on any atom is 0.573 e. The van der Waals surface area contributed by atoms with Crippen LogP contribution in [0.25, 0.3) is 6.08 Å². The first kappa shape index (κ1) is 23.4. The summed E-state index contributed by atoms with van der Waals surface area (Å²) in [7, 11) is 0. The van der Waals surface area contributed by atoms with E-state index >= 15 is 0 Å². The molecule has 0 aliphatic rings. The summed E-state index contributed by atoms with van der Waals surface area (Å²) >= 11 is 0. The normalized spacial score (nSPS) is 15.0. The zero-order chi connectivity index (χ0) is 23.4. The number of rotatable bonds is 8. The lowest BCUT2D eigenvalue weighted by Gasteiger charge is -2.34. The number of halogens is 5. The number of nitrogens with zero attached hydrogens (tertiary/aromatic N) is 3. The van der Waals surface area contributed by atoms with Crippen molar-refractivity contribution < 1.29 is 31.8 Å². The van der Waals surface area contributed by atoms with Gasteiger partial charge in [0.1, 0.15) is 35.6 Å². The van der Waals surface area contributed by atoms with Gasteiger partial charge in [-0.3, -0.25) is 0 Å². The van der Waals surface area contributed by atoms with Crippen LogP contribution in [0.5, 0.6) is 5.75 Å². The molecule has 3 aromatic rings. The zero-order valence-electron chi connectivity index (χ0n) is 16.9. The van der Waals surface area contributed by atoms with Crippen LogP contribution in [-0.2, 0) is 12.1 Å². The minimum atomic E-state index is -4.77. The van der Waals surface area contributed by atoms with E-state index in [0.29, 0.717) is 11.6 Å². The second-order valence-electron chi connectivity index (χ2n) is 7.30. The number of hydrogen-bond donors (Lipinski definition) is 1. The Morgan fingerprint density at radius 1 is 1.12 bits per heavy atom. The highest BCUT2D eigenvalue weighted by Gasteiger charge is 2.38. The summed E-state index contributed by atoms with van der Waals surface area (Å²) in [5, 5.41) is 15.4. The fraction of sp³-hybridized carbons (Fsp3) is 0.273. The third kappa shape index (κ3) is 5.91. The van der Waals surface area contributed by atoms with Gasteiger partial charge in [0.05, 0.1) is 6.54 Å². The van der Waals surface area contributed by atoms with E-state index in [1.165, 1.54) is 47.7 Å². The number of alkyl halides is 3. The largest absolute Gasteiger partial charge is 0.573 e. The molecule has 2 atom stereocenters. The minimum Gasteiger partial charge on any atom is -0.406 e. The molecule has 1 N–H and O–H groups in total. The summed E-state index contributed by atoms with van der Waals surface area (Å²) < 4.78 is 69.9. The highest BCUT2D eigenvalue weighted by atomic mass is 19.4. The van der Waals surface area contributed by atoms with Crippen molar-refractivity contribution in [3.8, 4) is 5.75 Å². The van der Waals surface area contributed by atoms with Crippen LogP contribution in [-0.4, -0.2) is 26.2 Å². The zero-order valence-corrected chi connectivity index (χ0v) is 16.9. The average molecular weight is 453 g/mol. The van der Waals surface area contributed by atoms with E-state index < -0.39 is 29.5 Å². The molecule has 170 valence electrons. The van der Waals surface area contributed by atoms with Crippen molar-refractivity contribution in [2.24, 2.45) is 5.92 Å². The monoisotopic (exact) mass is 453 g/mol. The van der Waals surface area contributed by atoms with E-state index in [4.69, 9.17) is 0 Å². The van der Waals surface area contributed by atoms with Gasteiger partial charge in [0, 0.05) is 11.6 Å². The molecule has 3 rings (SSSR count). The van der Waals surface area contributed by atoms with Crippen LogP contribution in [0.1, 0.15) is 24.5 Å². The van der Waals surface area contributed by atoms with Gasteiger partial charge in [-0.15, -0.1) is 13.2 Å². The maximum absolute atomic E-state index is 14.5. The van der Waals surface area contributed by atoms with Gasteiger partial charge in [-0.1, -0.05) is 37.3 Å². The molecule has 0 spiro atoms. The summed E-state index contributed by atoms with van der Waals surface area (Å²) in [4.78, 5) is 3.82. The van der Waals surface area contributed by atoms with Gasteiger partial charge in [-0.25, -0.2) is 18.4 Å². The average Bonchev–Trinajstić information content (AvgIpc) is 3.20. The molecule has 32 heavy (non-hydrogen) atoms. The highest BCUT2D eigenvalue weighted by Crippen LogP contribution is 2.36. The number of allylic oxidation sites excluding steroid dienone is 1. The third-order valence-electron chi connectivity index (χ3n) is 5.00. The number of benzene rings is 2. The Labute approximate surface area is 180 Å². The summed E-state index contributed by atoms with van der Waals surface area (Å²) in [5.74, 6) is -2.53. The van der Waals surface area contributed by atoms with Gasteiger partial charge in [0.2, 0.25) is 0 Å². The van der Waals surface area contributed by atoms with E-state index in [1.807, 2.05) is 0 Å². The Hall–Kier alpha value is -3.27. The third-order valence-corrected chi connectivity index (χ3v) is 5.00. The fourth-order valence-corrected chi connectivity index (χ4v) is 3.29. The van der Waals surface area contributed by atoms with Gasteiger partial charge < -0.3 is 9.84 Å².